The van der Waals surface area contributed by atoms with Crippen LogP contribution in [0.3, 0.4) is 0 Å². The average molecular weight is 324 g/mol. The van der Waals surface area contributed by atoms with Gasteiger partial charge < -0.3 is 5.11 Å². The second kappa shape index (κ2) is 5.11. The molecule has 0 spiro atoms. The molecule has 4 heteroatoms. The maximum atomic E-state index is 9.92. The monoisotopic (exact) mass is 323 g/mol. The fourth-order valence-electron chi connectivity index (χ4n) is 2.34. The molecule has 2 aromatic rings. The van der Waals surface area contributed by atoms with E-state index in [1.807, 2.05) is 12.1 Å². The second-order valence-electron chi connectivity index (χ2n) is 4.63. The molecule has 1 atom stereocenters. The number of thiazole rings is 1. The van der Waals surface area contributed by atoms with Crippen LogP contribution in [0.2, 0.25) is 0 Å². The first kappa shape index (κ1) is 12.3. The van der Waals surface area contributed by atoms with E-state index in [0.717, 1.165) is 40.9 Å². The van der Waals surface area contributed by atoms with E-state index in [1.165, 1.54) is 10.4 Å². The number of hydrogen-bond donors (Lipinski definition) is 1. The van der Waals surface area contributed by atoms with Crippen LogP contribution in [0.4, 0.5) is 0 Å². The van der Waals surface area contributed by atoms with Gasteiger partial charge in [0.25, 0.3) is 0 Å². The molecule has 0 fully saturated rings. The van der Waals surface area contributed by atoms with Crippen molar-refractivity contribution in [2.24, 2.45) is 0 Å². The molecule has 0 radical (unpaired) electrons. The third kappa shape index (κ3) is 2.51. The van der Waals surface area contributed by atoms with Crippen molar-refractivity contribution >= 4 is 27.3 Å². The van der Waals surface area contributed by atoms with Crippen molar-refractivity contribution in [3.63, 3.8) is 0 Å². The molecular weight excluding hydrogens is 310 g/mol. The first-order valence-electron chi connectivity index (χ1n) is 6.13. The summed E-state index contributed by atoms with van der Waals surface area (Å²) in [5.74, 6) is 0. The van der Waals surface area contributed by atoms with Crippen LogP contribution < -0.4 is 0 Å². The Labute approximate surface area is 119 Å². The highest BCUT2D eigenvalue weighted by atomic mass is 79.9. The summed E-state index contributed by atoms with van der Waals surface area (Å²) in [5, 5.41) is 11.0. The summed E-state index contributed by atoms with van der Waals surface area (Å²) in [5.41, 5.74) is 2.18. The van der Waals surface area contributed by atoms with Gasteiger partial charge in [-0.15, -0.1) is 11.3 Å². The molecule has 0 aliphatic heterocycles. The number of aliphatic hydroxyl groups is 1. The number of hydrogen-bond acceptors (Lipinski definition) is 3. The molecule has 18 heavy (non-hydrogen) atoms. The van der Waals surface area contributed by atoms with E-state index in [-0.39, 0.29) is 6.10 Å². The molecule has 1 heterocycles. The van der Waals surface area contributed by atoms with E-state index < -0.39 is 0 Å². The molecule has 0 bridgehead atoms. The minimum Gasteiger partial charge on any atom is -0.387 e. The number of rotatable bonds is 2. The zero-order valence-corrected chi connectivity index (χ0v) is 12.3. The highest BCUT2D eigenvalue weighted by molar-refractivity contribution is 9.10. The van der Waals surface area contributed by atoms with Crippen molar-refractivity contribution in [2.45, 2.75) is 31.8 Å². The number of aryl methyl sites for hydroxylation is 1. The quantitative estimate of drug-likeness (QED) is 0.910. The van der Waals surface area contributed by atoms with Gasteiger partial charge in [0, 0.05) is 15.8 Å². The van der Waals surface area contributed by atoms with Crippen molar-refractivity contribution in [3.8, 4) is 0 Å². The molecule has 1 aromatic carbocycles. The van der Waals surface area contributed by atoms with E-state index in [2.05, 4.69) is 33.0 Å². The molecule has 0 saturated carbocycles. The van der Waals surface area contributed by atoms with Crippen molar-refractivity contribution in [1.29, 1.82) is 0 Å². The molecule has 1 N–H and O–H groups in total. The van der Waals surface area contributed by atoms with Crippen LogP contribution in [0.1, 0.15) is 40.1 Å². The van der Waals surface area contributed by atoms with E-state index in [1.54, 1.807) is 11.3 Å². The Morgan fingerprint density at radius 3 is 3.11 bits per heavy atom. The lowest BCUT2D eigenvalue weighted by molar-refractivity contribution is 0.153. The molecule has 94 valence electrons. The van der Waals surface area contributed by atoms with Crippen molar-refractivity contribution < 1.29 is 5.11 Å². The van der Waals surface area contributed by atoms with Gasteiger partial charge in [0.2, 0.25) is 0 Å². The lowest BCUT2D eigenvalue weighted by atomic mass is 10.0. The van der Waals surface area contributed by atoms with Gasteiger partial charge in [0.05, 0.1) is 16.8 Å². The first-order chi connectivity index (χ1) is 8.72. The zero-order valence-electron chi connectivity index (χ0n) is 9.90. The third-order valence-electron chi connectivity index (χ3n) is 3.21. The predicted octanol–water partition coefficient (Wildman–Crippen LogP) is 3.87. The normalized spacial score (nSPS) is 18.7. The number of aliphatic hydroxyl groups excluding tert-OH is 1. The minimum atomic E-state index is -0.346. The Balaban J connectivity index is 1.85. The van der Waals surface area contributed by atoms with Gasteiger partial charge in [-0.05, 0) is 37.0 Å². The van der Waals surface area contributed by atoms with Crippen LogP contribution in [0.5, 0.6) is 0 Å². The molecule has 1 aromatic heterocycles. The fourth-order valence-corrected chi connectivity index (χ4v) is 3.99. The summed E-state index contributed by atoms with van der Waals surface area (Å²) in [6, 6.07) is 8.31. The van der Waals surface area contributed by atoms with Gasteiger partial charge in [0.1, 0.15) is 0 Å². The summed E-state index contributed by atoms with van der Waals surface area (Å²) in [7, 11) is 0. The fraction of sp³-hybridized carbons (Fsp3) is 0.357. The van der Waals surface area contributed by atoms with E-state index in [0.29, 0.717) is 0 Å². The van der Waals surface area contributed by atoms with Crippen LogP contribution in [0.15, 0.2) is 28.7 Å². The van der Waals surface area contributed by atoms with Gasteiger partial charge in [-0.25, -0.2) is 4.98 Å². The Hall–Kier alpha value is -0.710. The van der Waals surface area contributed by atoms with Crippen molar-refractivity contribution in [3.05, 3.63) is 49.9 Å². The standard InChI is InChI=1S/C14H14BrNOS/c15-10-4-1-3-9(7-10)8-13-16-14-11(17)5-2-6-12(14)18-13/h1,3-4,7,11,17H,2,5-6,8H2. The van der Waals surface area contributed by atoms with Gasteiger partial charge in [-0.1, -0.05) is 28.1 Å². The number of fused-ring (bicyclic) bond motifs is 1. The maximum absolute atomic E-state index is 9.92. The van der Waals surface area contributed by atoms with E-state index in [4.69, 9.17) is 0 Å². The van der Waals surface area contributed by atoms with E-state index >= 15 is 0 Å². The van der Waals surface area contributed by atoms with Gasteiger partial charge >= 0.3 is 0 Å². The molecule has 3 rings (SSSR count). The topological polar surface area (TPSA) is 33.1 Å². The van der Waals surface area contributed by atoms with Gasteiger partial charge in [0.15, 0.2) is 0 Å². The first-order valence-corrected chi connectivity index (χ1v) is 7.74. The molecule has 1 unspecified atom stereocenters. The predicted molar refractivity (Wildman–Crippen MR) is 77.0 cm³/mol. The molecule has 0 amide bonds. The van der Waals surface area contributed by atoms with Crippen LogP contribution in [-0.2, 0) is 12.8 Å². The summed E-state index contributed by atoms with van der Waals surface area (Å²) in [4.78, 5) is 5.89. The SMILES string of the molecule is OC1CCCc2sc(Cc3cccc(Br)c3)nc21. The third-order valence-corrected chi connectivity index (χ3v) is 4.84. The minimum absolute atomic E-state index is 0.346. The van der Waals surface area contributed by atoms with Gasteiger partial charge in [-0.3, -0.25) is 0 Å². The highest BCUT2D eigenvalue weighted by Gasteiger charge is 2.22. The molecular formula is C14H14BrNOS. The molecule has 1 aliphatic rings. The van der Waals surface area contributed by atoms with Crippen molar-refractivity contribution in [2.75, 3.05) is 0 Å². The smallest absolute Gasteiger partial charge is 0.0976 e. The van der Waals surface area contributed by atoms with Crippen LogP contribution >= 0.6 is 27.3 Å². The summed E-state index contributed by atoms with van der Waals surface area (Å²) >= 11 is 5.24. The molecule has 1 aliphatic carbocycles. The average Bonchev–Trinajstić information content (AvgIpc) is 2.73. The number of benzene rings is 1. The van der Waals surface area contributed by atoms with Crippen LogP contribution in [-0.4, -0.2) is 10.1 Å². The summed E-state index contributed by atoms with van der Waals surface area (Å²) < 4.78 is 1.10. The molecule has 0 saturated heterocycles. The van der Waals surface area contributed by atoms with E-state index in [9.17, 15) is 5.11 Å². The molecule has 2 nitrogen and oxygen atoms in total. The summed E-state index contributed by atoms with van der Waals surface area (Å²) in [6.45, 7) is 0. The Bertz CT molecular complexity index is 567. The number of aromatic nitrogens is 1. The second-order valence-corrected chi connectivity index (χ2v) is 6.71. The van der Waals surface area contributed by atoms with Crippen LogP contribution in [0.25, 0.3) is 0 Å². The van der Waals surface area contributed by atoms with Crippen LogP contribution in [0, 0.1) is 0 Å². The lowest BCUT2D eigenvalue weighted by Gasteiger charge is -2.14. The number of nitrogens with zero attached hydrogens (tertiary/aromatic N) is 1. The Kier molecular flexibility index (Phi) is 3.50. The number of halogens is 1. The summed E-state index contributed by atoms with van der Waals surface area (Å²) in [6.07, 6.45) is 3.51. The Morgan fingerprint density at radius 2 is 2.33 bits per heavy atom. The van der Waals surface area contributed by atoms with Gasteiger partial charge in [-0.2, -0.15) is 0 Å². The zero-order chi connectivity index (χ0) is 12.5. The maximum Gasteiger partial charge on any atom is 0.0976 e. The largest absolute Gasteiger partial charge is 0.387 e. The van der Waals surface area contributed by atoms with Crippen molar-refractivity contribution in [1.82, 2.24) is 4.98 Å². The Morgan fingerprint density at radius 1 is 1.44 bits per heavy atom. The highest BCUT2D eigenvalue weighted by Crippen LogP contribution is 2.33. The lowest BCUT2D eigenvalue weighted by Crippen LogP contribution is -2.07.